The molecule has 1 amide bonds. The van der Waals surface area contributed by atoms with E-state index in [1.807, 2.05) is 26.0 Å². The highest BCUT2D eigenvalue weighted by atomic mass is 16.4. The Morgan fingerprint density at radius 1 is 1.37 bits per heavy atom. The third-order valence-corrected chi connectivity index (χ3v) is 2.88. The predicted molar refractivity (Wildman–Crippen MR) is 71.3 cm³/mol. The van der Waals surface area contributed by atoms with Crippen LogP contribution in [0.3, 0.4) is 0 Å². The number of amides is 1. The Bertz CT molecular complexity index is 457. The summed E-state index contributed by atoms with van der Waals surface area (Å²) in [6.07, 6.45) is 6.10. The van der Waals surface area contributed by atoms with Crippen molar-refractivity contribution in [2.45, 2.75) is 32.9 Å². The highest BCUT2D eigenvalue weighted by Crippen LogP contribution is 2.11. The summed E-state index contributed by atoms with van der Waals surface area (Å²) < 4.78 is 0. The fourth-order valence-electron chi connectivity index (χ4n) is 1.59. The van der Waals surface area contributed by atoms with E-state index >= 15 is 0 Å². The molecule has 1 unspecified atom stereocenters. The molecule has 1 atom stereocenters. The van der Waals surface area contributed by atoms with Crippen LogP contribution in [0.4, 0.5) is 0 Å². The average molecular weight is 262 g/mol. The van der Waals surface area contributed by atoms with Gasteiger partial charge in [0, 0.05) is 37.1 Å². The van der Waals surface area contributed by atoms with Gasteiger partial charge in [-0.2, -0.15) is 0 Å². The van der Waals surface area contributed by atoms with Crippen LogP contribution in [-0.4, -0.2) is 32.9 Å². The number of carbonyl (C=O) groups excluding carboxylic acids is 1. The fourth-order valence-corrected chi connectivity index (χ4v) is 1.59. The van der Waals surface area contributed by atoms with Crippen molar-refractivity contribution in [2.24, 2.45) is 0 Å². The van der Waals surface area contributed by atoms with Crippen LogP contribution < -0.4 is 0 Å². The van der Waals surface area contributed by atoms with Crippen molar-refractivity contribution < 1.29 is 14.7 Å². The third kappa shape index (κ3) is 4.91. The van der Waals surface area contributed by atoms with E-state index in [1.54, 1.807) is 17.3 Å². The standard InChI is InChI=1S/C14H18N2O3/c1-3-11(2)16(13(17)4-5-14(18)19)10-12-6-8-15-9-7-12/h4-9,11H,3,10H2,1-2H3,(H,18,19)/b5-4+. The van der Waals surface area contributed by atoms with E-state index in [1.165, 1.54) is 0 Å². The van der Waals surface area contributed by atoms with Crippen molar-refractivity contribution in [1.29, 1.82) is 0 Å². The van der Waals surface area contributed by atoms with E-state index in [2.05, 4.69) is 4.98 Å². The maximum atomic E-state index is 12.0. The first-order valence-electron chi connectivity index (χ1n) is 6.15. The number of hydrogen-bond acceptors (Lipinski definition) is 3. The molecule has 1 aromatic heterocycles. The Kier molecular flexibility index (Phi) is 5.73. The lowest BCUT2D eigenvalue weighted by atomic mass is 10.1. The van der Waals surface area contributed by atoms with Gasteiger partial charge in [-0.05, 0) is 31.0 Å². The number of aliphatic carboxylic acids is 1. The Balaban J connectivity index is 2.83. The van der Waals surface area contributed by atoms with E-state index < -0.39 is 5.97 Å². The average Bonchev–Trinajstić information content (AvgIpc) is 2.42. The minimum absolute atomic E-state index is 0.0408. The highest BCUT2D eigenvalue weighted by molar-refractivity contribution is 5.94. The van der Waals surface area contributed by atoms with Crippen LogP contribution in [0.15, 0.2) is 36.7 Å². The summed E-state index contributed by atoms with van der Waals surface area (Å²) in [5.74, 6) is -1.42. The summed E-state index contributed by atoms with van der Waals surface area (Å²) in [5, 5.41) is 8.56. The van der Waals surface area contributed by atoms with Crippen LogP contribution in [-0.2, 0) is 16.1 Å². The lowest BCUT2D eigenvalue weighted by Gasteiger charge is -2.27. The molecular weight excluding hydrogens is 244 g/mol. The molecule has 0 aromatic carbocycles. The van der Waals surface area contributed by atoms with Crippen molar-refractivity contribution in [3.05, 3.63) is 42.2 Å². The monoisotopic (exact) mass is 262 g/mol. The Hall–Kier alpha value is -2.17. The second kappa shape index (κ2) is 7.31. The lowest BCUT2D eigenvalue weighted by Crippen LogP contribution is -2.36. The first kappa shape index (κ1) is 14.9. The first-order chi connectivity index (χ1) is 9.04. The summed E-state index contributed by atoms with van der Waals surface area (Å²) in [4.78, 5) is 28.0. The molecule has 0 aliphatic carbocycles. The van der Waals surface area contributed by atoms with Crippen molar-refractivity contribution >= 4 is 11.9 Å². The van der Waals surface area contributed by atoms with Gasteiger partial charge in [-0.1, -0.05) is 6.92 Å². The van der Waals surface area contributed by atoms with Crippen LogP contribution in [0, 0.1) is 0 Å². The van der Waals surface area contributed by atoms with Gasteiger partial charge < -0.3 is 10.0 Å². The maximum absolute atomic E-state index is 12.0. The zero-order valence-corrected chi connectivity index (χ0v) is 11.1. The van der Waals surface area contributed by atoms with Gasteiger partial charge in [0.25, 0.3) is 0 Å². The fraction of sp³-hybridized carbons (Fsp3) is 0.357. The van der Waals surface area contributed by atoms with Crippen molar-refractivity contribution in [3.63, 3.8) is 0 Å². The number of carbonyl (C=O) groups is 2. The summed E-state index contributed by atoms with van der Waals surface area (Å²) in [6, 6.07) is 3.71. The smallest absolute Gasteiger partial charge is 0.328 e. The number of carboxylic acid groups (broad SMARTS) is 1. The van der Waals surface area contributed by atoms with E-state index in [-0.39, 0.29) is 11.9 Å². The van der Waals surface area contributed by atoms with E-state index in [0.29, 0.717) is 6.54 Å². The molecule has 0 saturated carbocycles. The van der Waals surface area contributed by atoms with Gasteiger partial charge in [-0.3, -0.25) is 9.78 Å². The number of rotatable bonds is 6. The van der Waals surface area contributed by atoms with Crippen LogP contribution in [0.25, 0.3) is 0 Å². The Labute approximate surface area is 112 Å². The molecule has 1 N–H and O–H groups in total. The van der Waals surface area contributed by atoms with Crippen LogP contribution in [0.1, 0.15) is 25.8 Å². The molecule has 1 heterocycles. The number of aromatic nitrogens is 1. The second-order valence-electron chi connectivity index (χ2n) is 4.25. The van der Waals surface area contributed by atoms with Crippen molar-refractivity contribution in [3.8, 4) is 0 Å². The topological polar surface area (TPSA) is 70.5 Å². The third-order valence-electron chi connectivity index (χ3n) is 2.88. The summed E-state index contributed by atoms with van der Waals surface area (Å²) in [5.41, 5.74) is 0.965. The maximum Gasteiger partial charge on any atom is 0.328 e. The molecule has 1 rings (SSSR count). The van der Waals surface area contributed by atoms with Crippen molar-refractivity contribution in [1.82, 2.24) is 9.88 Å². The Morgan fingerprint density at radius 2 is 2.00 bits per heavy atom. The molecular formula is C14H18N2O3. The van der Waals surface area contributed by atoms with Crippen LogP contribution in [0.5, 0.6) is 0 Å². The lowest BCUT2D eigenvalue weighted by molar-refractivity contribution is -0.133. The molecule has 0 aliphatic heterocycles. The summed E-state index contributed by atoms with van der Waals surface area (Å²) >= 11 is 0. The van der Waals surface area contributed by atoms with Gasteiger partial charge >= 0.3 is 5.97 Å². The molecule has 5 nitrogen and oxygen atoms in total. The molecule has 0 spiro atoms. The number of pyridine rings is 1. The van der Waals surface area contributed by atoms with Crippen LogP contribution in [0.2, 0.25) is 0 Å². The quantitative estimate of drug-likeness (QED) is 0.794. The van der Waals surface area contributed by atoms with Gasteiger partial charge in [0.05, 0.1) is 0 Å². The normalized spacial score (nSPS) is 12.3. The van der Waals surface area contributed by atoms with E-state index in [4.69, 9.17) is 5.11 Å². The Morgan fingerprint density at radius 3 is 2.53 bits per heavy atom. The van der Waals surface area contributed by atoms with Gasteiger partial charge in [0.1, 0.15) is 0 Å². The predicted octanol–water partition coefficient (Wildman–Crippen LogP) is 1.85. The highest BCUT2D eigenvalue weighted by Gasteiger charge is 2.17. The minimum atomic E-state index is -1.12. The van der Waals surface area contributed by atoms with Crippen LogP contribution >= 0.6 is 0 Å². The molecule has 0 saturated heterocycles. The molecule has 0 bridgehead atoms. The number of nitrogens with zero attached hydrogens (tertiary/aromatic N) is 2. The second-order valence-corrected chi connectivity index (χ2v) is 4.25. The van der Waals surface area contributed by atoms with E-state index in [9.17, 15) is 9.59 Å². The van der Waals surface area contributed by atoms with Gasteiger partial charge in [-0.15, -0.1) is 0 Å². The number of hydrogen-bond donors (Lipinski definition) is 1. The zero-order valence-electron chi connectivity index (χ0n) is 11.1. The molecule has 5 heteroatoms. The van der Waals surface area contributed by atoms with Gasteiger partial charge in [-0.25, -0.2) is 4.79 Å². The largest absolute Gasteiger partial charge is 0.478 e. The zero-order chi connectivity index (χ0) is 14.3. The summed E-state index contributed by atoms with van der Waals surface area (Å²) in [6.45, 7) is 4.37. The molecule has 0 radical (unpaired) electrons. The van der Waals surface area contributed by atoms with Gasteiger partial charge in [0.15, 0.2) is 0 Å². The molecule has 0 aliphatic rings. The van der Waals surface area contributed by atoms with Gasteiger partial charge in [0.2, 0.25) is 5.91 Å². The van der Waals surface area contributed by atoms with Crippen molar-refractivity contribution in [2.75, 3.05) is 0 Å². The molecule has 1 aromatic rings. The first-order valence-corrected chi connectivity index (χ1v) is 6.15. The molecule has 102 valence electrons. The number of carboxylic acids is 1. The molecule has 19 heavy (non-hydrogen) atoms. The minimum Gasteiger partial charge on any atom is -0.478 e. The van der Waals surface area contributed by atoms with E-state index in [0.717, 1.165) is 24.1 Å². The summed E-state index contributed by atoms with van der Waals surface area (Å²) in [7, 11) is 0. The molecule has 0 fully saturated rings. The SMILES string of the molecule is CCC(C)N(Cc1ccncc1)C(=O)/C=C/C(=O)O.